The van der Waals surface area contributed by atoms with Crippen LogP contribution in [0.25, 0.3) is 22.4 Å². The number of nitrogens with one attached hydrogen (secondary N) is 2. The van der Waals surface area contributed by atoms with Gasteiger partial charge in [-0.25, -0.2) is 34.2 Å². The van der Waals surface area contributed by atoms with Crippen LogP contribution in [0, 0.1) is 12.7 Å². The van der Waals surface area contributed by atoms with Crippen molar-refractivity contribution in [2.45, 2.75) is 83.3 Å². The highest BCUT2D eigenvalue weighted by Crippen LogP contribution is 2.45. The van der Waals surface area contributed by atoms with Gasteiger partial charge in [-0.1, -0.05) is 41.9 Å². The number of hydrogen-bond donors (Lipinski definition) is 4. The number of piperidine rings is 1. The minimum atomic E-state index is -6.11. The van der Waals surface area contributed by atoms with E-state index in [1.165, 1.54) is 36.0 Å². The first-order valence-electron chi connectivity index (χ1n) is 25.7. The Morgan fingerprint density at radius 2 is 1.43 bits per heavy atom. The molecule has 1 aromatic heterocycles. The molecule has 17 nitrogen and oxygen atoms in total. The van der Waals surface area contributed by atoms with E-state index in [2.05, 4.69) is 19.5 Å². The number of thioether (sulfide) groups is 1. The molecule has 438 valence electrons. The molecule has 2 saturated heterocycles. The maximum absolute atomic E-state index is 15.8. The maximum Gasteiger partial charge on any atom is 0.501 e. The second kappa shape index (κ2) is 25.4. The number of phosphoric ester groups is 1. The summed E-state index contributed by atoms with van der Waals surface area (Å²) in [4.78, 5) is 22.9. The van der Waals surface area contributed by atoms with Gasteiger partial charge in [-0.15, -0.1) is 11.8 Å². The number of likely N-dealkylation sites (tertiary alicyclic amines) is 1. The van der Waals surface area contributed by atoms with E-state index in [-0.39, 0.29) is 28.5 Å². The standard InChI is InChI=1S/C54H62ClF4N6O11PS4/c1-36(2)65-37(3)53(79(4,69)70)51(52(65)38-10-12-40(55)13-11-38)39-30-41(56)32-45(31-39)64-28-26-63(27-29-64)44-16-14-42(15-17-44)61-81(73,74)48-18-19-49(50(33-48)80(71,72)54(57,58)59)60-43(34-78-47-8-6-5-7-9-47)20-23-62-24-21-46(22-25-62)75-35-76-77(66,67)68/h5-19,30-33,36,43,46,60-61H,20-29,34-35H2,1-4H3,(H2,66,67,68). The molecule has 2 aliphatic heterocycles. The predicted molar refractivity (Wildman–Crippen MR) is 308 cm³/mol. The lowest BCUT2D eigenvalue weighted by Gasteiger charge is -2.37. The fourth-order valence-electron chi connectivity index (χ4n) is 10.1. The second-order valence-electron chi connectivity index (χ2n) is 20.0. The van der Waals surface area contributed by atoms with Crippen LogP contribution in [0.5, 0.6) is 0 Å². The topological polar surface area (TPSA) is 217 Å². The van der Waals surface area contributed by atoms with Crippen molar-refractivity contribution in [2.75, 3.05) is 84.5 Å². The van der Waals surface area contributed by atoms with Crippen molar-refractivity contribution in [1.82, 2.24) is 9.47 Å². The molecule has 0 amide bonds. The van der Waals surface area contributed by atoms with Crippen molar-refractivity contribution >= 4 is 83.6 Å². The van der Waals surface area contributed by atoms with Crippen LogP contribution >= 0.6 is 31.2 Å². The molecule has 0 spiro atoms. The molecular formula is C54H62ClF4N6O11PS4. The normalized spacial score (nSPS) is 15.8. The lowest BCUT2D eigenvalue weighted by molar-refractivity contribution is -0.0677. The van der Waals surface area contributed by atoms with Crippen LogP contribution in [0.3, 0.4) is 0 Å². The number of piperazine rings is 1. The minimum Gasteiger partial charge on any atom is -0.380 e. The first-order valence-corrected chi connectivity index (χ1v) is 33.4. The van der Waals surface area contributed by atoms with Crippen molar-refractivity contribution in [2.24, 2.45) is 0 Å². The lowest BCUT2D eigenvalue weighted by atomic mass is 9.99. The van der Waals surface area contributed by atoms with Gasteiger partial charge in [-0.2, -0.15) is 13.2 Å². The van der Waals surface area contributed by atoms with Gasteiger partial charge in [0.15, 0.2) is 16.6 Å². The summed E-state index contributed by atoms with van der Waals surface area (Å²) in [5, 5.41) is 3.49. The molecule has 0 saturated carbocycles. The number of benzene rings is 5. The first kappa shape index (κ1) is 61.9. The van der Waals surface area contributed by atoms with Gasteiger partial charge in [0.25, 0.3) is 19.9 Å². The maximum atomic E-state index is 15.8. The number of alkyl halides is 3. The van der Waals surface area contributed by atoms with Gasteiger partial charge in [-0.05, 0) is 136 Å². The summed E-state index contributed by atoms with van der Waals surface area (Å²) in [6.07, 6.45) is 2.16. The van der Waals surface area contributed by atoms with Crippen molar-refractivity contribution in [3.63, 3.8) is 0 Å². The van der Waals surface area contributed by atoms with E-state index in [4.69, 9.17) is 26.1 Å². The van der Waals surface area contributed by atoms with Gasteiger partial charge < -0.3 is 39.1 Å². The van der Waals surface area contributed by atoms with Crippen molar-refractivity contribution in [3.8, 4) is 22.4 Å². The third-order valence-electron chi connectivity index (χ3n) is 14.0. The van der Waals surface area contributed by atoms with E-state index >= 15 is 4.39 Å². The lowest BCUT2D eigenvalue weighted by Crippen LogP contribution is -2.46. The number of aromatic nitrogens is 1. The molecule has 6 aromatic rings. The summed E-state index contributed by atoms with van der Waals surface area (Å²) in [6, 6.07) is 28.7. The first-order chi connectivity index (χ1) is 38.1. The van der Waals surface area contributed by atoms with Crippen LogP contribution in [-0.2, 0) is 43.5 Å². The fourth-order valence-corrected chi connectivity index (χ4v) is 14.8. The molecule has 0 aliphatic carbocycles. The molecule has 5 aromatic carbocycles. The Hall–Kier alpha value is -5.18. The van der Waals surface area contributed by atoms with Gasteiger partial charge in [0.2, 0.25) is 0 Å². The van der Waals surface area contributed by atoms with Gasteiger partial charge in [0, 0.05) is 108 Å². The monoisotopic (exact) mass is 1240 g/mol. The Kier molecular flexibility index (Phi) is 19.4. The average Bonchev–Trinajstić information content (AvgIpc) is 3.50. The quantitative estimate of drug-likeness (QED) is 0.0215. The summed E-state index contributed by atoms with van der Waals surface area (Å²) in [6.45, 7) is 8.26. The van der Waals surface area contributed by atoms with E-state index < -0.39 is 77.2 Å². The van der Waals surface area contributed by atoms with Crippen LogP contribution in [0.1, 0.15) is 44.8 Å². The average molecular weight is 1240 g/mol. The van der Waals surface area contributed by atoms with Crippen LogP contribution in [0.2, 0.25) is 5.02 Å². The zero-order chi connectivity index (χ0) is 58.7. The van der Waals surface area contributed by atoms with Crippen LogP contribution in [-0.4, -0.2) is 127 Å². The molecule has 0 radical (unpaired) electrons. The molecule has 81 heavy (non-hydrogen) atoms. The number of ether oxygens (including phenoxy) is 1. The third-order valence-corrected chi connectivity index (χ3v) is 20.0. The zero-order valence-corrected chi connectivity index (χ0v) is 49.4. The second-order valence-corrected chi connectivity index (χ2v) is 28.3. The fraction of sp³-hybridized carbons (Fsp3) is 0.370. The molecular weight excluding hydrogens is 1180 g/mol. The van der Waals surface area contributed by atoms with E-state index in [0.29, 0.717) is 116 Å². The molecule has 4 N–H and O–H groups in total. The number of sulfonamides is 1. The molecule has 27 heteroatoms. The Labute approximate surface area is 478 Å². The highest BCUT2D eigenvalue weighted by Gasteiger charge is 2.48. The van der Waals surface area contributed by atoms with Gasteiger partial charge in [0.05, 0.1) is 27.3 Å². The van der Waals surface area contributed by atoms with Crippen LogP contribution in [0.4, 0.5) is 40.3 Å². The largest absolute Gasteiger partial charge is 0.501 e. The number of anilines is 4. The van der Waals surface area contributed by atoms with E-state index in [9.17, 15) is 43.0 Å². The van der Waals surface area contributed by atoms with Crippen LogP contribution in [0.15, 0.2) is 135 Å². The van der Waals surface area contributed by atoms with Gasteiger partial charge in [0.1, 0.15) is 10.7 Å². The smallest absolute Gasteiger partial charge is 0.380 e. The van der Waals surface area contributed by atoms with Crippen LogP contribution < -0.4 is 19.8 Å². The number of sulfone groups is 2. The summed E-state index contributed by atoms with van der Waals surface area (Å²) in [5.41, 5.74) is -2.35. The summed E-state index contributed by atoms with van der Waals surface area (Å²) < 4.78 is 165. The molecule has 3 heterocycles. The predicted octanol–water partition coefficient (Wildman–Crippen LogP) is 10.8. The molecule has 0 bridgehead atoms. The van der Waals surface area contributed by atoms with Crippen molar-refractivity contribution < 1.29 is 66.4 Å². The Bertz CT molecular complexity index is 3580. The van der Waals surface area contributed by atoms with E-state index in [0.717, 1.165) is 23.3 Å². The molecule has 2 fully saturated rings. The van der Waals surface area contributed by atoms with E-state index in [1.807, 2.05) is 58.5 Å². The Morgan fingerprint density at radius 1 is 0.802 bits per heavy atom. The number of nitrogens with zero attached hydrogens (tertiary/aromatic N) is 4. The number of rotatable bonds is 22. The van der Waals surface area contributed by atoms with E-state index in [1.54, 1.807) is 49.4 Å². The SMILES string of the molecule is Cc1c(S(C)(=O)=O)c(-c2cc(F)cc(N3CCN(c4ccc(NS(=O)(=O)c5ccc(NC(CCN6CCC(OCOP(=O)(O)O)CC6)CSc6ccccc6)c(S(=O)(=O)C(F)(F)F)c5)cc4)CC3)c2)c(-c2ccc(Cl)cc2)n1C(C)C. The summed E-state index contributed by atoms with van der Waals surface area (Å²) in [7, 11) is -19.3. The minimum absolute atomic E-state index is 0.0446. The van der Waals surface area contributed by atoms with Crippen molar-refractivity contribution in [1.29, 1.82) is 0 Å². The van der Waals surface area contributed by atoms with Crippen molar-refractivity contribution in [3.05, 3.63) is 132 Å². The van der Waals surface area contributed by atoms with Gasteiger partial charge >= 0.3 is 13.3 Å². The summed E-state index contributed by atoms with van der Waals surface area (Å²) in [5.74, 6) is -0.275. The molecule has 2 aliphatic rings. The highest BCUT2D eigenvalue weighted by molar-refractivity contribution is 7.99. The van der Waals surface area contributed by atoms with Gasteiger partial charge in [-0.3, -0.25) is 9.25 Å². The Morgan fingerprint density at radius 3 is 2.02 bits per heavy atom. The third kappa shape index (κ3) is 15.3. The molecule has 8 rings (SSSR count). The zero-order valence-electron chi connectivity index (χ0n) is 44.5. The highest BCUT2D eigenvalue weighted by atomic mass is 35.5. The molecule has 1 atom stereocenters. The molecule has 1 unspecified atom stereocenters. The number of phosphoric acid groups is 1. The Balaban J connectivity index is 0.964. The number of hydrogen-bond acceptors (Lipinski definition) is 14. The number of halogens is 5. The summed E-state index contributed by atoms with van der Waals surface area (Å²) >= 11 is 7.64.